The van der Waals surface area contributed by atoms with Crippen molar-refractivity contribution in [2.75, 3.05) is 19.6 Å². The van der Waals surface area contributed by atoms with Crippen LogP contribution in [0.1, 0.15) is 82.2 Å². The van der Waals surface area contributed by atoms with Crippen LogP contribution >= 0.6 is 0 Å². The molecule has 0 spiro atoms. The molecule has 6 rings (SSSR count). The number of halogens is 3. The van der Waals surface area contributed by atoms with Crippen molar-refractivity contribution in [3.63, 3.8) is 0 Å². The minimum Gasteiger partial charge on any atom is -0.482 e. The van der Waals surface area contributed by atoms with Gasteiger partial charge in [-0.2, -0.15) is 13.9 Å². The molecule has 5 heterocycles. The third kappa shape index (κ3) is 5.74. The molecule has 2 atom stereocenters. The number of rotatable bonds is 8. The van der Waals surface area contributed by atoms with Crippen molar-refractivity contribution in [3.8, 4) is 11.5 Å². The lowest BCUT2D eigenvalue weighted by molar-refractivity contribution is -0.0489. The van der Waals surface area contributed by atoms with Gasteiger partial charge in [0.25, 0.3) is 0 Å². The van der Waals surface area contributed by atoms with Crippen molar-refractivity contribution in [1.29, 1.82) is 0 Å². The van der Waals surface area contributed by atoms with E-state index in [0.717, 1.165) is 37.8 Å². The molecule has 3 aromatic rings. The zero-order chi connectivity index (χ0) is 28.5. The fraction of sp³-hybridized carbons (Fsp3) is 0.533. The van der Waals surface area contributed by atoms with Crippen molar-refractivity contribution in [2.24, 2.45) is 0 Å². The number of fused-ring (bicyclic) bond motifs is 2. The van der Waals surface area contributed by atoms with Gasteiger partial charge in [-0.15, -0.1) is 0 Å². The summed E-state index contributed by atoms with van der Waals surface area (Å²) >= 11 is 0. The Morgan fingerprint density at radius 2 is 1.88 bits per heavy atom. The van der Waals surface area contributed by atoms with Gasteiger partial charge in [0.2, 0.25) is 0 Å². The van der Waals surface area contributed by atoms with E-state index in [-0.39, 0.29) is 11.8 Å². The Kier molecular flexibility index (Phi) is 8.07. The number of hydrazine groups is 1. The highest BCUT2D eigenvalue weighted by Crippen LogP contribution is 2.40. The molecule has 0 aromatic carbocycles. The molecular weight excluding hydrogens is 533 g/mol. The maximum Gasteiger partial charge on any atom is 0.387 e. The molecule has 0 amide bonds. The Balaban J connectivity index is 1.31. The summed E-state index contributed by atoms with van der Waals surface area (Å²) in [6, 6.07) is 5.34. The van der Waals surface area contributed by atoms with Gasteiger partial charge in [-0.3, -0.25) is 9.88 Å². The quantitative estimate of drug-likeness (QED) is 0.347. The fourth-order valence-electron chi connectivity index (χ4n) is 6.56. The molecule has 11 heteroatoms. The largest absolute Gasteiger partial charge is 0.482 e. The van der Waals surface area contributed by atoms with Crippen LogP contribution in [0.25, 0.3) is 5.52 Å². The molecular formula is C30H37F3N6O2. The highest BCUT2D eigenvalue weighted by Gasteiger charge is 2.34. The van der Waals surface area contributed by atoms with Crippen LogP contribution in [0.15, 0.2) is 48.1 Å². The smallest absolute Gasteiger partial charge is 0.387 e. The first-order valence-corrected chi connectivity index (χ1v) is 14.6. The summed E-state index contributed by atoms with van der Waals surface area (Å²) in [5.41, 5.74) is 7.96. The first-order chi connectivity index (χ1) is 19.9. The van der Waals surface area contributed by atoms with Gasteiger partial charge in [-0.25, -0.2) is 14.3 Å². The van der Waals surface area contributed by atoms with Crippen molar-refractivity contribution in [2.45, 2.75) is 83.6 Å². The molecule has 0 radical (unpaired) electrons. The van der Waals surface area contributed by atoms with Gasteiger partial charge < -0.3 is 14.5 Å². The molecule has 1 saturated heterocycles. The van der Waals surface area contributed by atoms with Crippen LogP contribution < -0.4 is 14.9 Å². The van der Waals surface area contributed by atoms with E-state index >= 15 is 0 Å². The average Bonchev–Trinajstić information content (AvgIpc) is 3.44. The van der Waals surface area contributed by atoms with Gasteiger partial charge in [0, 0.05) is 44.0 Å². The number of pyridine rings is 2. The highest BCUT2D eigenvalue weighted by atomic mass is 19.3. The zero-order valence-electron chi connectivity index (χ0n) is 23.5. The number of alkyl halides is 2. The van der Waals surface area contributed by atoms with E-state index in [1.54, 1.807) is 6.07 Å². The molecule has 3 aliphatic rings. The monoisotopic (exact) mass is 570 g/mol. The minimum atomic E-state index is -3.01. The number of ether oxygens (including phenoxy) is 2. The summed E-state index contributed by atoms with van der Waals surface area (Å²) in [7, 11) is 0. The predicted octanol–water partition coefficient (Wildman–Crippen LogP) is 6.17. The first-order valence-electron chi connectivity index (χ1n) is 14.6. The average molecular weight is 571 g/mol. The lowest BCUT2D eigenvalue weighted by atomic mass is 9.94. The molecule has 3 aromatic heterocycles. The van der Waals surface area contributed by atoms with Gasteiger partial charge >= 0.3 is 6.61 Å². The lowest BCUT2D eigenvalue weighted by Gasteiger charge is -2.33. The molecule has 1 aliphatic carbocycles. The van der Waals surface area contributed by atoms with Crippen LogP contribution in [-0.4, -0.2) is 56.8 Å². The molecule has 220 valence electrons. The Labute approximate surface area is 238 Å². The number of hydrogen-bond donors (Lipinski definition) is 1. The van der Waals surface area contributed by atoms with Crippen LogP contribution in [0.3, 0.4) is 0 Å². The zero-order valence-corrected chi connectivity index (χ0v) is 23.5. The van der Waals surface area contributed by atoms with Gasteiger partial charge in [0.05, 0.1) is 24.1 Å². The fourth-order valence-corrected chi connectivity index (χ4v) is 6.56. The highest BCUT2D eigenvalue weighted by molar-refractivity contribution is 5.70. The van der Waals surface area contributed by atoms with Gasteiger partial charge in [0.15, 0.2) is 11.3 Å². The second kappa shape index (κ2) is 11.9. The predicted molar refractivity (Wildman–Crippen MR) is 148 cm³/mol. The van der Waals surface area contributed by atoms with Crippen molar-refractivity contribution >= 4 is 5.52 Å². The molecule has 2 fully saturated rings. The van der Waals surface area contributed by atoms with E-state index in [1.165, 1.54) is 60.2 Å². The van der Waals surface area contributed by atoms with Crippen molar-refractivity contribution < 1.29 is 22.6 Å². The molecule has 1 saturated carbocycles. The van der Waals surface area contributed by atoms with Crippen LogP contribution in [-0.2, 0) is 0 Å². The van der Waals surface area contributed by atoms with Gasteiger partial charge in [-0.1, -0.05) is 26.2 Å². The third-order valence-corrected chi connectivity index (χ3v) is 8.67. The second-order valence-corrected chi connectivity index (χ2v) is 11.2. The summed E-state index contributed by atoms with van der Waals surface area (Å²) in [6.45, 7) is 4.03. The van der Waals surface area contributed by atoms with Crippen LogP contribution in [0.2, 0.25) is 0 Å². The number of nitrogens with zero attached hydrogens (tertiary/aromatic N) is 5. The Bertz CT molecular complexity index is 1390. The van der Waals surface area contributed by atoms with Gasteiger partial charge in [0.1, 0.15) is 17.7 Å². The topological polar surface area (TPSA) is 67.2 Å². The third-order valence-electron chi connectivity index (χ3n) is 8.67. The summed E-state index contributed by atoms with van der Waals surface area (Å²) in [4.78, 5) is 6.85. The summed E-state index contributed by atoms with van der Waals surface area (Å²) < 4.78 is 52.7. The van der Waals surface area contributed by atoms with E-state index in [2.05, 4.69) is 32.3 Å². The van der Waals surface area contributed by atoms with Crippen LogP contribution in [0.4, 0.5) is 13.2 Å². The molecule has 41 heavy (non-hydrogen) atoms. The molecule has 2 aliphatic heterocycles. The maximum atomic E-state index is 13.5. The molecule has 8 nitrogen and oxygen atoms in total. The Morgan fingerprint density at radius 1 is 1.05 bits per heavy atom. The SMILES string of the molecule is CC[C@@H](Oc1cc(C2NN3CCN(C4CCCCC4)CCC3=C2C)cn2ncc(OC(F)F)c12)c1ccc(F)cn1. The van der Waals surface area contributed by atoms with E-state index in [4.69, 9.17) is 9.47 Å². The summed E-state index contributed by atoms with van der Waals surface area (Å²) in [5, 5.41) is 6.60. The van der Waals surface area contributed by atoms with E-state index in [1.807, 2.05) is 19.2 Å². The van der Waals surface area contributed by atoms with Gasteiger partial charge in [-0.05, 0) is 55.5 Å². The van der Waals surface area contributed by atoms with E-state index in [9.17, 15) is 13.2 Å². The Morgan fingerprint density at radius 3 is 2.61 bits per heavy atom. The minimum absolute atomic E-state index is 0.0744. The first kappa shape index (κ1) is 27.8. The lowest BCUT2D eigenvalue weighted by Crippen LogP contribution is -2.41. The summed E-state index contributed by atoms with van der Waals surface area (Å²) in [6.07, 6.45) is 11.8. The number of nitrogens with one attached hydrogen (secondary N) is 1. The van der Waals surface area contributed by atoms with Crippen LogP contribution in [0.5, 0.6) is 11.5 Å². The summed E-state index contributed by atoms with van der Waals surface area (Å²) in [5.74, 6) is -0.172. The number of hydrogen-bond acceptors (Lipinski definition) is 7. The van der Waals surface area contributed by atoms with Crippen molar-refractivity contribution in [1.82, 2.24) is 29.9 Å². The van der Waals surface area contributed by atoms with E-state index in [0.29, 0.717) is 29.4 Å². The second-order valence-electron chi connectivity index (χ2n) is 11.2. The standard InChI is InChI=1S/C30H37F3N6O2/c1-3-25(23-10-9-21(31)16-34-23)40-26-15-20(18-39-29(26)27(17-35-39)41-30(32)33)28-19(2)24-11-12-37(13-14-38(24)36-28)22-7-5-4-6-8-22/h9-10,15-18,22,25,28,30,36H,3-8,11-14H2,1-2H3/t25-,28?/m1/s1. The van der Waals surface area contributed by atoms with E-state index < -0.39 is 18.5 Å². The molecule has 1 unspecified atom stereocenters. The van der Waals surface area contributed by atoms with Crippen molar-refractivity contribution in [3.05, 3.63) is 65.1 Å². The molecule has 0 bridgehead atoms. The molecule has 1 N–H and O–H groups in total. The Hall–Kier alpha value is -3.31. The number of aromatic nitrogens is 3. The normalized spacial score (nSPS) is 21.4. The maximum absolute atomic E-state index is 13.5. The van der Waals surface area contributed by atoms with Crippen LogP contribution in [0, 0.1) is 5.82 Å².